The van der Waals surface area contributed by atoms with E-state index >= 15 is 0 Å². The summed E-state index contributed by atoms with van der Waals surface area (Å²) in [6, 6.07) is 3.85. The Morgan fingerprint density at radius 1 is 1.47 bits per heavy atom. The van der Waals surface area contributed by atoms with Gasteiger partial charge in [-0.15, -0.1) is 0 Å². The third-order valence-corrected chi connectivity index (χ3v) is 3.30. The average Bonchev–Trinajstić information content (AvgIpc) is 2.78. The van der Waals surface area contributed by atoms with Crippen LogP contribution in [0.5, 0.6) is 0 Å². The molecule has 0 saturated heterocycles. The normalized spacial score (nSPS) is 16.6. The van der Waals surface area contributed by atoms with E-state index in [1.54, 1.807) is 13.3 Å². The average molecular weight is 235 g/mol. The molecule has 1 aliphatic rings. The van der Waals surface area contributed by atoms with Crippen molar-refractivity contribution in [3.63, 3.8) is 0 Å². The molecule has 1 fully saturated rings. The summed E-state index contributed by atoms with van der Waals surface area (Å²) < 4.78 is 5.25. The van der Waals surface area contributed by atoms with Crippen LogP contribution in [0.1, 0.15) is 31.4 Å². The van der Waals surface area contributed by atoms with E-state index in [4.69, 9.17) is 4.42 Å². The fourth-order valence-electron chi connectivity index (χ4n) is 1.98. The second-order valence-corrected chi connectivity index (χ2v) is 4.52. The molecule has 0 radical (unpaired) electrons. The number of hydrogen-bond donors (Lipinski definition) is 2. The van der Waals surface area contributed by atoms with E-state index in [1.165, 1.54) is 25.7 Å². The maximum Gasteiger partial charge on any atom is 0.191 e. The Kier molecular flexibility index (Phi) is 4.47. The van der Waals surface area contributed by atoms with Crippen molar-refractivity contribution in [2.45, 2.75) is 32.2 Å². The van der Waals surface area contributed by atoms with Gasteiger partial charge in [-0.2, -0.15) is 0 Å². The lowest BCUT2D eigenvalue weighted by atomic mass is 9.83. The monoisotopic (exact) mass is 235 g/mol. The van der Waals surface area contributed by atoms with Gasteiger partial charge in [-0.1, -0.05) is 19.3 Å². The molecule has 0 spiro atoms. The van der Waals surface area contributed by atoms with Crippen LogP contribution in [0, 0.1) is 5.92 Å². The van der Waals surface area contributed by atoms with Crippen molar-refractivity contribution in [1.29, 1.82) is 0 Å². The molecule has 2 N–H and O–H groups in total. The quantitative estimate of drug-likeness (QED) is 0.607. The molecule has 4 heteroatoms. The lowest BCUT2D eigenvalue weighted by Gasteiger charge is -2.25. The highest BCUT2D eigenvalue weighted by atomic mass is 16.3. The Bertz CT molecular complexity index is 342. The topological polar surface area (TPSA) is 49.6 Å². The van der Waals surface area contributed by atoms with Gasteiger partial charge in [-0.3, -0.25) is 4.99 Å². The van der Waals surface area contributed by atoms with E-state index in [-0.39, 0.29) is 0 Å². The number of rotatable bonds is 5. The van der Waals surface area contributed by atoms with Crippen LogP contribution < -0.4 is 10.6 Å². The van der Waals surface area contributed by atoms with Crippen molar-refractivity contribution in [2.75, 3.05) is 13.6 Å². The third-order valence-electron chi connectivity index (χ3n) is 3.30. The van der Waals surface area contributed by atoms with Gasteiger partial charge < -0.3 is 15.1 Å². The van der Waals surface area contributed by atoms with Crippen molar-refractivity contribution in [2.24, 2.45) is 10.9 Å². The first-order valence-electron chi connectivity index (χ1n) is 6.35. The van der Waals surface area contributed by atoms with E-state index in [9.17, 15) is 0 Å². The van der Waals surface area contributed by atoms with Crippen LogP contribution in [0.25, 0.3) is 0 Å². The molecule has 0 aliphatic heterocycles. The summed E-state index contributed by atoms with van der Waals surface area (Å²) in [6.45, 7) is 1.68. The molecule has 1 aromatic heterocycles. The van der Waals surface area contributed by atoms with Crippen molar-refractivity contribution in [3.8, 4) is 0 Å². The van der Waals surface area contributed by atoms with Crippen molar-refractivity contribution in [1.82, 2.24) is 10.6 Å². The summed E-state index contributed by atoms with van der Waals surface area (Å²) in [4.78, 5) is 4.18. The van der Waals surface area contributed by atoms with Gasteiger partial charge in [0.1, 0.15) is 5.76 Å². The second kappa shape index (κ2) is 6.33. The van der Waals surface area contributed by atoms with Crippen LogP contribution in [-0.2, 0) is 6.54 Å². The van der Waals surface area contributed by atoms with Crippen LogP contribution in [0.3, 0.4) is 0 Å². The van der Waals surface area contributed by atoms with Gasteiger partial charge in [-0.05, 0) is 24.5 Å². The molecule has 0 atom stereocenters. The third kappa shape index (κ3) is 3.80. The second-order valence-electron chi connectivity index (χ2n) is 4.52. The van der Waals surface area contributed by atoms with E-state index in [2.05, 4.69) is 15.6 Å². The molecule has 1 saturated carbocycles. The predicted molar refractivity (Wildman–Crippen MR) is 68.9 cm³/mol. The largest absolute Gasteiger partial charge is 0.467 e. The minimum absolute atomic E-state index is 0.677. The van der Waals surface area contributed by atoms with E-state index in [0.717, 1.165) is 24.2 Å². The number of furan rings is 1. The first-order valence-corrected chi connectivity index (χ1v) is 6.35. The lowest BCUT2D eigenvalue weighted by molar-refractivity contribution is 0.296. The number of nitrogens with one attached hydrogen (secondary N) is 2. The minimum Gasteiger partial charge on any atom is -0.467 e. The number of guanidine groups is 1. The van der Waals surface area contributed by atoms with Gasteiger partial charge in [0, 0.05) is 13.6 Å². The van der Waals surface area contributed by atoms with Gasteiger partial charge in [0.05, 0.1) is 12.8 Å². The Hall–Kier alpha value is -1.45. The molecule has 0 bridgehead atoms. The smallest absolute Gasteiger partial charge is 0.191 e. The van der Waals surface area contributed by atoms with Crippen molar-refractivity contribution < 1.29 is 4.42 Å². The molecule has 0 unspecified atom stereocenters. The van der Waals surface area contributed by atoms with E-state index in [0.29, 0.717) is 6.54 Å². The van der Waals surface area contributed by atoms with Crippen molar-refractivity contribution in [3.05, 3.63) is 24.2 Å². The zero-order valence-corrected chi connectivity index (χ0v) is 10.4. The van der Waals surface area contributed by atoms with Gasteiger partial charge in [0.2, 0.25) is 0 Å². The lowest BCUT2D eigenvalue weighted by Crippen LogP contribution is -2.38. The number of aliphatic imine (C=N–C) groups is 1. The fourth-order valence-corrected chi connectivity index (χ4v) is 1.98. The summed E-state index contributed by atoms with van der Waals surface area (Å²) in [5.41, 5.74) is 0. The van der Waals surface area contributed by atoms with Crippen LogP contribution in [0.15, 0.2) is 27.8 Å². The summed E-state index contributed by atoms with van der Waals surface area (Å²) in [6.07, 6.45) is 7.15. The Labute approximate surface area is 102 Å². The van der Waals surface area contributed by atoms with Gasteiger partial charge in [0.25, 0.3) is 0 Å². The SMILES string of the molecule is CN=C(NCCC1CCC1)NCc1ccco1. The van der Waals surface area contributed by atoms with E-state index < -0.39 is 0 Å². The molecule has 1 heterocycles. The fraction of sp³-hybridized carbons (Fsp3) is 0.615. The Morgan fingerprint density at radius 3 is 2.94 bits per heavy atom. The zero-order valence-electron chi connectivity index (χ0n) is 10.4. The van der Waals surface area contributed by atoms with Crippen LogP contribution in [0.2, 0.25) is 0 Å². The van der Waals surface area contributed by atoms with Crippen LogP contribution in [0.4, 0.5) is 0 Å². The summed E-state index contributed by atoms with van der Waals surface area (Å²) in [7, 11) is 1.79. The molecule has 94 valence electrons. The van der Waals surface area contributed by atoms with Gasteiger partial charge >= 0.3 is 0 Å². The molecule has 1 aromatic rings. The number of hydrogen-bond acceptors (Lipinski definition) is 2. The number of nitrogens with zero attached hydrogens (tertiary/aromatic N) is 1. The highest BCUT2D eigenvalue weighted by Gasteiger charge is 2.16. The molecular weight excluding hydrogens is 214 g/mol. The minimum atomic E-state index is 0.677. The molecule has 0 amide bonds. The van der Waals surface area contributed by atoms with Crippen LogP contribution in [-0.4, -0.2) is 19.6 Å². The first kappa shape index (κ1) is 12.0. The zero-order chi connectivity index (χ0) is 11.9. The van der Waals surface area contributed by atoms with Crippen molar-refractivity contribution >= 4 is 5.96 Å². The maximum atomic E-state index is 5.25. The van der Waals surface area contributed by atoms with Crippen LogP contribution >= 0.6 is 0 Å². The van der Waals surface area contributed by atoms with Gasteiger partial charge in [0.15, 0.2) is 5.96 Å². The first-order chi connectivity index (χ1) is 8.38. The molecule has 4 nitrogen and oxygen atoms in total. The maximum absolute atomic E-state index is 5.25. The molecule has 1 aliphatic carbocycles. The summed E-state index contributed by atoms with van der Waals surface area (Å²) >= 11 is 0. The molecule has 17 heavy (non-hydrogen) atoms. The highest BCUT2D eigenvalue weighted by molar-refractivity contribution is 5.79. The molecule has 2 rings (SSSR count). The summed E-state index contributed by atoms with van der Waals surface area (Å²) in [5.74, 6) is 2.71. The standard InChI is InChI=1S/C13H21N3O/c1-14-13(15-8-7-11-4-2-5-11)16-10-12-6-3-9-17-12/h3,6,9,11H,2,4-5,7-8,10H2,1H3,(H2,14,15,16). The Balaban J connectivity index is 1.62. The van der Waals surface area contributed by atoms with Gasteiger partial charge in [-0.25, -0.2) is 0 Å². The summed E-state index contributed by atoms with van der Waals surface area (Å²) in [5, 5.41) is 6.55. The molecular formula is C13H21N3O. The Morgan fingerprint density at radius 2 is 2.35 bits per heavy atom. The predicted octanol–water partition coefficient (Wildman–Crippen LogP) is 2.13. The van der Waals surface area contributed by atoms with E-state index in [1.807, 2.05) is 12.1 Å². The molecule has 0 aromatic carbocycles. The highest BCUT2D eigenvalue weighted by Crippen LogP contribution is 2.28.